The second-order valence-corrected chi connectivity index (χ2v) is 14.3. The topological polar surface area (TPSA) is 0 Å². The molecule has 0 bridgehead atoms. The molecule has 0 aliphatic carbocycles. The zero-order valence-corrected chi connectivity index (χ0v) is 14.5. The van der Waals surface area contributed by atoms with E-state index in [9.17, 15) is 0 Å². The number of hydrogen-bond donors (Lipinski definition) is 0. The van der Waals surface area contributed by atoms with Crippen LogP contribution in [0, 0.1) is 0 Å². The van der Waals surface area contributed by atoms with Crippen LogP contribution >= 0.6 is 0 Å². The molecule has 21 heavy (non-hydrogen) atoms. The Kier molecular flexibility index (Phi) is 4.26. The van der Waals surface area contributed by atoms with Gasteiger partial charge >= 0.3 is 130 Å². The first kappa shape index (κ1) is 14.2. The van der Waals surface area contributed by atoms with Gasteiger partial charge in [0.05, 0.1) is 0 Å². The first-order valence-electron chi connectivity index (χ1n) is 7.54. The fraction of sp³-hybridized carbons (Fsp3) is 0.100. The van der Waals surface area contributed by atoms with Crippen molar-refractivity contribution >= 4 is 26.5 Å². The van der Waals surface area contributed by atoms with Crippen LogP contribution in [0.4, 0.5) is 0 Å². The first-order valence-corrected chi connectivity index (χ1v) is 12.2. The van der Waals surface area contributed by atoms with Gasteiger partial charge < -0.3 is 0 Å². The molecule has 0 atom stereocenters. The van der Waals surface area contributed by atoms with Gasteiger partial charge in [0.1, 0.15) is 0 Å². The predicted octanol–water partition coefficient (Wildman–Crippen LogP) is 3.18. The van der Waals surface area contributed by atoms with Crippen molar-refractivity contribution in [3.63, 3.8) is 0 Å². The Hall–Kier alpha value is -1.80. The second kappa shape index (κ2) is 6.32. The Morgan fingerprint density at radius 2 is 0.810 bits per heavy atom. The molecule has 0 unspecified atom stereocenters. The molecule has 3 aromatic carbocycles. The van der Waals surface area contributed by atoms with Gasteiger partial charge in [0.15, 0.2) is 0 Å². The van der Waals surface area contributed by atoms with E-state index < -0.39 is 13.3 Å². The van der Waals surface area contributed by atoms with Crippen LogP contribution in [-0.4, -0.2) is 13.3 Å². The van der Waals surface area contributed by atoms with Crippen molar-refractivity contribution in [1.82, 2.24) is 0 Å². The van der Waals surface area contributed by atoms with Gasteiger partial charge in [0.25, 0.3) is 0 Å². The van der Waals surface area contributed by atoms with E-state index in [1.807, 2.05) is 0 Å². The molecule has 104 valence electrons. The SMILES string of the molecule is C[CH2][Ge]([c]1ccccc1)([c]1ccccc1)[c]1ccccc1. The molecule has 0 heterocycles. The fourth-order valence-corrected chi connectivity index (χ4v) is 12.7. The minimum absolute atomic E-state index is 1.22. The maximum atomic E-state index is 2.35. The van der Waals surface area contributed by atoms with Crippen molar-refractivity contribution in [2.45, 2.75) is 12.2 Å². The molecule has 3 rings (SSSR count). The molecule has 0 saturated carbocycles. The van der Waals surface area contributed by atoms with E-state index in [0.717, 1.165) is 0 Å². The molecule has 3 aromatic rings. The van der Waals surface area contributed by atoms with Crippen molar-refractivity contribution in [2.75, 3.05) is 0 Å². The van der Waals surface area contributed by atoms with Crippen LogP contribution in [0.3, 0.4) is 0 Å². The van der Waals surface area contributed by atoms with Gasteiger partial charge in [-0.3, -0.25) is 0 Å². The van der Waals surface area contributed by atoms with Crippen molar-refractivity contribution in [2.24, 2.45) is 0 Å². The second-order valence-electron chi connectivity index (χ2n) is 5.36. The zero-order chi connectivity index (χ0) is 14.5. The summed E-state index contributed by atoms with van der Waals surface area (Å²) in [5, 5.41) is 1.22. The monoisotopic (exact) mass is 334 g/mol. The Balaban J connectivity index is 2.29. The summed E-state index contributed by atoms with van der Waals surface area (Å²) in [6.45, 7) is 2.35. The summed E-state index contributed by atoms with van der Waals surface area (Å²) in [6.07, 6.45) is 0. The van der Waals surface area contributed by atoms with E-state index in [4.69, 9.17) is 0 Å². The van der Waals surface area contributed by atoms with Crippen LogP contribution in [-0.2, 0) is 0 Å². The summed E-state index contributed by atoms with van der Waals surface area (Å²) < 4.78 is 4.62. The van der Waals surface area contributed by atoms with E-state index in [1.165, 1.54) is 18.4 Å². The molecule has 0 saturated heterocycles. The quantitative estimate of drug-likeness (QED) is 0.644. The van der Waals surface area contributed by atoms with Crippen molar-refractivity contribution in [3.05, 3.63) is 91.0 Å². The van der Waals surface area contributed by atoms with E-state index in [0.29, 0.717) is 0 Å². The van der Waals surface area contributed by atoms with E-state index in [-0.39, 0.29) is 0 Å². The van der Waals surface area contributed by atoms with Crippen LogP contribution in [0.25, 0.3) is 0 Å². The van der Waals surface area contributed by atoms with Crippen LogP contribution < -0.4 is 13.2 Å². The van der Waals surface area contributed by atoms with Crippen LogP contribution in [0.15, 0.2) is 91.0 Å². The standard InChI is InChI=1S/C20H20Ge/c1-2-21(18-12-6-3-7-13-18,19-14-8-4-9-15-19)20-16-10-5-11-17-20/h3-17H,2H2,1H3. The molecule has 0 radical (unpaired) electrons. The molecule has 0 amide bonds. The molecule has 0 fully saturated rings. The molecule has 0 aliphatic rings. The molecule has 1 heteroatoms. The first-order chi connectivity index (χ1) is 10.4. The number of rotatable bonds is 4. The predicted molar refractivity (Wildman–Crippen MR) is 94.5 cm³/mol. The van der Waals surface area contributed by atoms with Gasteiger partial charge in [0.2, 0.25) is 0 Å². The summed E-state index contributed by atoms with van der Waals surface area (Å²) in [7, 11) is 0. The summed E-state index contributed by atoms with van der Waals surface area (Å²) in [5.74, 6) is 0. The number of hydrogen-bond acceptors (Lipinski definition) is 0. The normalized spacial score (nSPS) is 11.3. The van der Waals surface area contributed by atoms with E-state index in [1.54, 1.807) is 0 Å². The van der Waals surface area contributed by atoms with Gasteiger partial charge in [-0.25, -0.2) is 0 Å². The van der Waals surface area contributed by atoms with Crippen LogP contribution in [0.5, 0.6) is 0 Å². The van der Waals surface area contributed by atoms with Crippen molar-refractivity contribution in [3.8, 4) is 0 Å². The molecule has 0 spiro atoms. The number of benzene rings is 3. The van der Waals surface area contributed by atoms with Gasteiger partial charge in [-0.2, -0.15) is 0 Å². The molecule has 0 aromatic heterocycles. The third-order valence-corrected chi connectivity index (χ3v) is 14.9. The summed E-state index contributed by atoms with van der Waals surface area (Å²) in [6, 6.07) is 33.3. The third kappa shape index (κ3) is 2.56. The molecular formula is C20H20Ge. The maximum absolute atomic E-state index is 2.53. The Morgan fingerprint density at radius 1 is 0.524 bits per heavy atom. The third-order valence-electron chi connectivity index (χ3n) is 4.33. The van der Waals surface area contributed by atoms with Crippen molar-refractivity contribution in [1.29, 1.82) is 0 Å². The van der Waals surface area contributed by atoms with Gasteiger partial charge in [-0.15, -0.1) is 0 Å². The van der Waals surface area contributed by atoms with E-state index >= 15 is 0 Å². The molecule has 0 N–H and O–H groups in total. The zero-order valence-electron chi connectivity index (χ0n) is 12.4. The fourth-order valence-electron chi connectivity index (χ4n) is 3.28. The van der Waals surface area contributed by atoms with Gasteiger partial charge in [0, 0.05) is 0 Å². The van der Waals surface area contributed by atoms with Crippen LogP contribution in [0.1, 0.15) is 6.92 Å². The summed E-state index contributed by atoms with van der Waals surface area (Å²) in [5.41, 5.74) is 0. The summed E-state index contributed by atoms with van der Waals surface area (Å²) in [4.78, 5) is 0. The summed E-state index contributed by atoms with van der Waals surface area (Å²) >= 11 is -2.53. The van der Waals surface area contributed by atoms with Crippen LogP contribution in [0.2, 0.25) is 5.25 Å². The molecule has 0 nitrogen and oxygen atoms in total. The average Bonchev–Trinajstić information content (AvgIpc) is 2.59. The Bertz CT molecular complexity index is 578. The van der Waals surface area contributed by atoms with Gasteiger partial charge in [-0.1, -0.05) is 0 Å². The molecular weight excluding hydrogens is 313 g/mol. The minimum atomic E-state index is -2.53. The van der Waals surface area contributed by atoms with Crippen molar-refractivity contribution < 1.29 is 0 Å². The Labute approximate surface area is 129 Å². The Morgan fingerprint density at radius 3 is 1.05 bits per heavy atom. The van der Waals surface area contributed by atoms with E-state index in [2.05, 4.69) is 97.9 Å². The molecule has 0 aliphatic heterocycles. The van der Waals surface area contributed by atoms with Gasteiger partial charge in [-0.05, 0) is 0 Å². The average molecular weight is 333 g/mol.